The Bertz CT molecular complexity index is 1060. The number of thioether (sulfide) groups is 1. The van der Waals surface area contributed by atoms with Crippen LogP contribution in [0.2, 0.25) is 0 Å². The molecule has 0 aromatic heterocycles. The second-order valence-electron chi connectivity index (χ2n) is 6.22. The van der Waals surface area contributed by atoms with Crippen LogP contribution in [0.4, 0.5) is 17.1 Å². The Morgan fingerprint density at radius 2 is 1.72 bits per heavy atom. The van der Waals surface area contributed by atoms with E-state index < -0.39 is 27.1 Å². The first-order valence-corrected chi connectivity index (χ1v) is 9.35. The van der Waals surface area contributed by atoms with E-state index in [-0.39, 0.29) is 5.56 Å². The summed E-state index contributed by atoms with van der Waals surface area (Å²) in [5, 5.41) is 27.6. The minimum atomic E-state index is -0.776. The molecule has 0 bridgehead atoms. The molecule has 0 atom stereocenters. The molecule has 0 saturated heterocycles. The second kappa shape index (κ2) is 7.36. The number of aliphatic imine (C=N–C) groups is 1. The van der Waals surface area contributed by atoms with Crippen LogP contribution in [0.3, 0.4) is 0 Å². The molecule has 11 heteroatoms. The lowest BCUT2D eigenvalue weighted by atomic mass is 10.1. The number of rotatable bonds is 5. The van der Waals surface area contributed by atoms with E-state index in [0.29, 0.717) is 5.69 Å². The highest BCUT2D eigenvalue weighted by atomic mass is 32.2. The van der Waals surface area contributed by atoms with Crippen LogP contribution in [0.25, 0.3) is 5.70 Å². The highest BCUT2D eigenvalue weighted by molar-refractivity contribution is 8.16. The number of amides is 1. The molecular weight excluding hydrogens is 398 g/mol. The van der Waals surface area contributed by atoms with Crippen molar-refractivity contribution in [1.82, 2.24) is 4.90 Å². The van der Waals surface area contributed by atoms with Crippen molar-refractivity contribution in [3.05, 3.63) is 79.2 Å². The molecule has 2 aliphatic rings. The van der Waals surface area contributed by atoms with Gasteiger partial charge in [-0.3, -0.25) is 30.0 Å². The highest BCUT2D eigenvalue weighted by Crippen LogP contribution is 2.35. The van der Waals surface area contributed by atoms with E-state index in [9.17, 15) is 25.0 Å². The molecule has 0 aliphatic carbocycles. The van der Waals surface area contributed by atoms with Crippen molar-refractivity contribution < 1.29 is 14.6 Å². The van der Waals surface area contributed by atoms with E-state index in [4.69, 9.17) is 0 Å². The van der Waals surface area contributed by atoms with Gasteiger partial charge in [0.25, 0.3) is 17.3 Å². The number of anilines is 1. The summed E-state index contributed by atoms with van der Waals surface area (Å²) < 4.78 is 0. The fourth-order valence-corrected chi connectivity index (χ4v) is 3.97. The van der Waals surface area contributed by atoms with Crippen molar-refractivity contribution in [2.24, 2.45) is 4.99 Å². The first-order valence-electron chi connectivity index (χ1n) is 8.47. The van der Waals surface area contributed by atoms with Gasteiger partial charge in [0.15, 0.2) is 5.17 Å². The summed E-state index contributed by atoms with van der Waals surface area (Å²) in [4.78, 5) is 39.4. The van der Waals surface area contributed by atoms with E-state index in [1.807, 2.05) is 17.5 Å². The lowest BCUT2D eigenvalue weighted by molar-refractivity contribution is -0.394. The van der Waals surface area contributed by atoms with Gasteiger partial charge in [0, 0.05) is 29.8 Å². The third-order valence-corrected chi connectivity index (χ3v) is 5.29. The summed E-state index contributed by atoms with van der Waals surface area (Å²) in [7, 11) is 0. The lowest BCUT2D eigenvalue weighted by Crippen LogP contribution is -2.19. The number of amidine groups is 1. The molecule has 2 aliphatic heterocycles. The Morgan fingerprint density at radius 1 is 1.07 bits per heavy atom. The van der Waals surface area contributed by atoms with Crippen LogP contribution in [0.1, 0.15) is 15.9 Å². The fraction of sp³-hybridized carbons (Fsp3) is 0.111. The van der Waals surface area contributed by atoms with Crippen LogP contribution < -0.4 is 5.32 Å². The zero-order valence-electron chi connectivity index (χ0n) is 14.8. The maximum atomic E-state index is 12.5. The largest absolute Gasteiger partial charge is 0.322 e. The first-order chi connectivity index (χ1) is 13.9. The third-order valence-electron chi connectivity index (χ3n) is 4.39. The summed E-state index contributed by atoms with van der Waals surface area (Å²) in [5.41, 5.74) is 1.27. The van der Waals surface area contributed by atoms with Crippen molar-refractivity contribution in [3.63, 3.8) is 0 Å². The molecule has 0 radical (unpaired) electrons. The molecule has 146 valence electrons. The number of nitrogens with zero attached hydrogens (tertiary/aromatic N) is 4. The van der Waals surface area contributed by atoms with Crippen molar-refractivity contribution >= 4 is 45.6 Å². The molecule has 0 spiro atoms. The van der Waals surface area contributed by atoms with Gasteiger partial charge in [-0.15, -0.1) is 0 Å². The predicted molar refractivity (Wildman–Crippen MR) is 109 cm³/mol. The Balaban J connectivity index is 1.52. The van der Waals surface area contributed by atoms with Crippen molar-refractivity contribution in [2.75, 3.05) is 18.4 Å². The van der Waals surface area contributed by atoms with E-state index in [2.05, 4.69) is 15.2 Å². The van der Waals surface area contributed by atoms with Crippen LogP contribution in [0.5, 0.6) is 0 Å². The van der Waals surface area contributed by atoms with Gasteiger partial charge in [0.1, 0.15) is 0 Å². The molecule has 0 saturated carbocycles. The molecule has 0 fully saturated rings. The van der Waals surface area contributed by atoms with E-state index in [1.54, 1.807) is 23.9 Å². The summed E-state index contributed by atoms with van der Waals surface area (Å²) in [5.74, 6) is -0.672. The van der Waals surface area contributed by atoms with Gasteiger partial charge >= 0.3 is 0 Å². The first kappa shape index (κ1) is 18.6. The second-order valence-corrected chi connectivity index (χ2v) is 7.06. The molecule has 4 rings (SSSR count). The topological polar surface area (TPSA) is 131 Å². The van der Waals surface area contributed by atoms with Crippen LogP contribution in [0, 0.1) is 20.2 Å². The monoisotopic (exact) mass is 411 g/mol. The van der Waals surface area contributed by atoms with Crippen LogP contribution in [-0.4, -0.2) is 38.9 Å². The molecule has 2 heterocycles. The molecule has 2 aromatic rings. The smallest absolute Gasteiger partial charge is 0.277 e. The number of nitro groups is 2. The number of non-ortho nitro benzene ring substituents is 2. The van der Waals surface area contributed by atoms with Gasteiger partial charge in [0.05, 0.1) is 33.7 Å². The van der Waals surface area contributed by atoms with E-state index >= 15 is 0 Å². The molecule has 10 nitrogen and oxygen atoms in total. The maximum absolute atomic E-state index is 12.5. The Hall–Kier alpha value is -3.73. The molecule has 1 amide bonds. The van der Waals surface area contributed by atoms with Crippen molar-refractivity contribution in [1.29, 1.82) is 0 Å². The highest BCUT2D eigenvalue weighted by Gasteiger charge is 2.27. The van der Waals surface area contributed by atoms with Gasteiger partial charge in [-0.05, 0) is 17.7 Å². The molecular formula is C18H13N5O5S. The van der Waals surface area contributed by atoms with Crippen LogP contribution in [-0.2, 0) is 0 Å². The maximum Gasteiger partial charge on any atom is 0.277 e. The fourth-order valence-electron chi connectivity index (χ4n) is 3.01. The number of benzene rings is 2. The van der Waals surface area contributed by atoms with Crippen LogP contribution >= 0.6 is 11.8 Å². The summed E-state index contributed by atoms with van der Waals surface area (Å²) in [6.07, 6.45) is 0. The number of carbonyl (C=O) groups excluding carboxylic acids is 1. The third kappa shape index (κ3) is 3.67. The van der Waals surface area contributed by atoms with Crippen molar-refractivity contribution in [3.8, 4) is 0 Å². The standard InChI is InChI=1S/C18H13N5O5S/c24-17(12-7-14(22(25)26)9-15(8-12)23(27)28)20-13-3-1-11(2-4-13)16-10-29-18-19-5-6-21(16)18/h1-4,7-10H,5-6H2,(H,20,24). The van der Waals surface area contributed by atoms with Gasteiger partial charge in [-0.1, -0.05) is 23.9 Å². The molecule has 29 heavy (non-hydrogen) atoms. The number of hydrogen-bond donors (Lipinski definition) is 1. The number of hydrogen-bond acceptors (Lipinski definition) is 8. The average molecular weight is 411 g/mol. The zero-order valence-corrected chi connectivity index (χ0v) is 15.6. The lowest BCUT2D eigenvalue weighted by Gasteiger charge is -2.16. The normalized spacial score (nSPS) is 14.8. The molecule has 1 N–H and O–H groups in total. The Morgan fingerprint density at radius 3 is 2.34 bits per heavy atom. The summed E-state index contributed by atoms with van der Waals surface area (Å²) >= 11 is 1.57. The predicted octanol–water partition coefficient (Wildman–Crippen LogP) is 3.47. The van der Waals surface area contributed by atoms with Gasteiger partial charge in [0.2, 0.25) is 0 Å². The SMILES string of the molecule is O=C(Nc1ccc(C2=CSC3=NCCN23)cc1)c1cc([N+](=O)[O-])cc([N+](=O)[O-])c1. The van der Waals surface area contributed by atoms with Crippen LogP contribution in [0.15, 0.2) is 52.9 Å². The van der Waals surface area contributed by atoms with Gasteiger partial charge in [-0.25, -0.2) is 0 Å². The minimum absolute atomic E-state index is 0.164. The minimum Gasteiger partial charge on any atom is -0.322 e. The average Bonchev–Trinajstić information content (AvgIpc) is 3.32. The number of fused-ring (bicyclic) bond motifs is 1. The van der Waals surface area contributed by atoms with Gasteiger partial charge < -0.3 is 10.2 Å². The van der Waals surface area contributed by atoms with E-state index in [1.165, 1.54) is 0 Å². The summed E-state index contributed by atoms with van der Waals surface area (Å²) in [6, 6.07) is 9.93. The van der Waals surface area contributed by atoms with E-state index in [0.717, 1.165) is 47.7 Å². The quantitative estimate of drug-likeness (QED) is 0.588. The Labute approximate surface area is 168 Å². The summed E-state index contributed by atoms with van der Waals surface area (Å²) in [6.45, 7) is 1.60. The zero-order chi connectivity index (χ0) is 20.5. The number of carbonyl (C=O) groups is 1. The Kier molecular flexibility index (Phi) is 4.72. The molecule has 2 aromatic carbocycles. The van der Waals surface area contributed by atoms with Crippen molar-refractivity contribution in [2.45, 2.75) is 0 Å². The molecule has 0 unspecified atom stereocenters. The number of nitro benzene ring substituents is 2. The number of nitrogens with one attached hydrogen (secondary N) is 1. The van der Waals surface area contributed by atoms with Gasteiger partial charge in [-0.2, -0.15) is 0 Å².